The largest absolute Gasteiger partial charge is 0.342 e. The Bertz CT molecular complexity index is 576. The van der Waals surface area contributed by atoms with Crippen molar-refractivity contribution in [3.63, 3.8) is 0 Å². The smallest absolute Gasteiger partial charge is 0.236 e. The molecule has 1 aliphatic carbocycles. The van der Waals surface area contributed by atoms with Gasteiger partial charge in [0.1, 0.15) is 0 Å². The number of hydrogen-bond donors (Lipinski definition) is 1. The highest BCUT2D eigenvalue weighted by molar-refractivity contribution is 5.92. The fraction of sp³-hybridized carbons (Fsp3) is 0.600. The Labute approximate surface area is 150 Å². The number of hydrogen-bond acceptors (Lipinski definition) is 3. The van der Waals surface area contributed by atoms with Gasteiger partial charge in [-0.3, -0.25) is 14.5 Å². The van der Waals surface area contributed by atoms with Crippen LogP contribution in [-0.4, -0.2) is 54.3 Å². The van der Waals surface area contributed by atoms with Crippen molar-refractivity contribution < 1.29 is 9.59 Å². The van der Waals surface area contributed by atoms with E-state index in [-0.39, 0.29) is 17.7 Å². The van der Waals surface area contributed by atoms with Crippen molar-refractivity contribution in [3.8, 4) is 0 Å². The lowest BCUT2D eigenvalue weighted by atomic mass is 9.95. The molecule has 1 aromatic rings. The van der Waals surface area contributed by atoms with Crippen molar-refractivity contribution in [2.45, 2.75) is 44.6 Å². The first-order valence-corrected chi connectivity index (χ1v) is 9.47. The van der Waals surface area contributed by atoms with Crippen LogP contribution in [0.5, 0.6) is 0 Å². The van der Waals surface area contributed by atoms with Gasteiger partial charge in [-0.15, -0.1) is 0 Å². The van der Waals surface area contributed by atoms with Gasteiger partial charge in [0.25, 0.3) is 0 Å². The molecule has 1 heterocycles. The highest BCUT2D eigenvalue weighted by atomic mass is 16.2. The van der Waals surface area contributed by atoms with Crippen molar-refractivity contribution in [3.05, 3.63) is 30.3 Å². The van der Waals surface area contributed by atoms with Gasteiger partial charge in [-0.25, -0.2) is 0 Å². The third-order valence-electron chi connectivity index (χ3n) is 5.59. The highest BCUT2D eigenvalue weighted by Crippen LogP contribution is 2.23. The van der Waals surface area contributed by atoms with Crippen LogP contribution in [0.1, 0.15) is 38.5 Å². The molecule has 1 saturated heterocycles. The molecule has 0 spiro atoms. The van der Waals surface area contributed by atoms with Gasteiger partial charge in [-0.1, -0.05) is 31.0 Å². The molecule has 2 fully saturated rings. The van der Waals surface area contributed by atoms with E-state index in [2.05, 4.69) is 17.3 Å². The van der Waals surface area contributed by atoms with Gasteiger partial charge in [-0.05, 0) is 44.9 Å². The lowest BCUT2D eigenvalue weighted by Crippen LogP contribution is -2.46. The molecule has 1 aliphatic heterocycles. The lowest BCUT2D eigenvalue weighted by Gasteiger charge is -2.33. The van der Waals surface area contributed by atoms with Gasteiger partial charge in [-0.2, -0.15) is 0 Å². The van der Waals surface area contributed by atoms with Crippen LogP contribution in [0.25, 0.3) is 0 Å². The molecule has 2 aliphatic rings. The van der Waals surface area contributed by atoms with Crippen LogP contribution in [0.15, 0.2) is 30.3 Å². The summed E-state index contributed by atoms with van der Waals surface area (Å²) in [6.07, 6.45) is 6.49. The minimum absolute atomic E-state index is 0.00295. The zero-order chi connectivity index (χ0) is 17.6. The summed E-state index contributed by atoms with van der Waals surface area (Å²) in [5.41, 5.74) is 0.837. The molecule has 1 saturated carbocycles. The molecule has 1 aromatic carbocycles. The van der Waals surface area contributed by atoms with Gasteiger partial charge in [0, 0.05) is 30.7 Å². The van der Waals surface area contributed by atoms with Crippen LogP contribution in [0.3, 0.4) is 0 Å². The van der Waals surface area contributed by atoms with Crippen LogP contribution in [0.2, 0.25) is 0 Å². The van der Waals surface area contributed by atoms with Crippen LogP contribution in [0.4, 0.5) is 5.69 Å². The molecule has 0 bridgehead atoms. The van der Waals surface area contributed by atoms with E-state index in [0.29, 0.717) is 25.7 Å². The molecule has 5 heteroatoms. The Hall–Kier alpha value is -1.88. The predicted octanol–water partition coefficient (Wildman–Crippen LogP) is 2.74. The highest BCUT2D eigenvalue weighted by Gasteiger charge is 2.29. The first-order valence-electron chi connectivity index (χ1n) is 9.47. The number of rotatable bonds is 5. The molecule has 2 amide bonds. The third-order valence-corrected chi connectivity index (χ3v) is 5.59. The molecule has 0 aromatic heterocycles. The van der Waals surface area contributed by atoms with E-state index in [4.69, 9.17) is 0 Å². The van der Waals surface area contributed by atoms with Crippen molar-refractivity contribution >= 4 is 17.5 Å². The number of likely N-dealkylation sites (N-methyl/N-ethyl adjacent to an activating group) is 1. The second kappa shape index (κ2) is 8.48. The zero-order valence-electron chi connectivity index (χ0n) is 15.1. The monoisotopic (exact) mass is 343 g/mol. The number of amides is 2. The number of benzene rings is 1. The normalized spacial score (nSPS) is 19.4. The SMILES string of the molecule is CN(CC(=O)N1CCC(C(=O)Nc2ccccc2)CC1)C1CCCC1. The molecule has 136 valence electrons. The summed E-state index contributed by atoms with van der Waals surface area (Å²) in [5, 5.41) is 2.97. The van der Waals surface area contributed by atoms with Gasteiger partial charge >= 0.3 is 0 Å². The maximum absolute atomic E-state index is 12.5. The number of likely N-dealkylation sites (tertiary alicyclic amines) is 1. The molecular weight excluding hydrogens is 314 g/mol. The van der Waals surface area contributed by atoms with Crippen molar-refractivity contribution in [2.75, 3.05) is 32.0 Å². The lowest BCUT2D eigenvalue weighted by molar-refractivity contribution is -0.135. The molecule has 0 unspecified atom stereocenters. The summed E-state index contributed by atoms with van der Waals surface area (Å²) in [6, 6.07) is 10.1. The van der Waals surface area contributed by atoms with Crippen LogP contribution in [-0.2, 0) is 9.59 Å². The summed E-state index contributed by atoms with van der Waals surface area (Å²) >= 11 is 0. The van der Waals surface area contributed by atoms with Crippen LogP contribution < -0.4 is 5.32 Å². The number of nitrogens with zero attached hydrogens (tertiary/aromatic N) is 2. The summed E-state index contributed by atoms with van der Waals surface area (Å²) in [7, 11) is 2.06. The van der Waals surface area contributed by atoms with E-state index in [1.54, 1.807) is 0 Å². The van der Waals surface area contributed by atoms with Crippen molar-refractivity contribution in [1.29, 1.82) is 0 Å². The Morgan fingerprint density at radius 3 is 2.36 bits per heavy atom. The summed E-state index contributed by atoms with van der Waals surface area (Å²) in [5.74, 6) is 0.273. The predicted molar refractivity (Wildman–Crippen MR) is 99.3 cm³/mol. The van der Waals surface area contributed by atoms with Crippen LogP contribution in [0, 0.1) is 5.92 Å². The first kappa shape index (κ1) is 17.9. The second-order valence-electron chi connectivity index (χ2n) is 7.36. The van der Waals surface area contributed by atoms with Crippen LogP contribution >= 0.6 is 0 Å². The van der Waals surface area contributed by atoms with Gasteiger partial charge in [0.2, 0.25) is 11.8 Å². The van der Waals surface area contributed by atoms with E-state index < -0.39 is 0 Å². The first-order chi connectivity index (χ1) is 12.1. The van der Waals surface area contributed by atoms with Gasteiger partial charge in [0.05, 0.1) is 6.54 Å². The number of carbonyl (C=O) groups is 2. The number of anilines is 1. The van der Waals surface area contributed by atoms with E-state index in [1.807, 2.05) is 35.2 Å². The maximum atomic E-state index is 12.5. The van der Waals surface area contributed by atoms with Crippen molar-refractivity contribution in [2.24, 2.45) is 5.92 Å². The second-order valence-corrected chi connectivity index (χ2v) is 7.36. The van der Waals surface area contributed by atoms with E-state index in [0.717, 1.165) is 18.5 Å². The Balaban J connectivity index is 1.43. The minimum atomic E-state index is -0.00295. The minimum Gasteiger partial charge on any atom is -0.342 e. The summed E-state index contributed by atoms with van der Waals surface area (Å²) < 4.78 is 0. The molecule has 25 heavy (non-hydrogen) atoms. The number of carbonyl (C=O) groups excluding carboxylic acids is 2. The van der Waals surface area contributed by atoms with E-state index in [9.17, 15) is 9.59 Å². The third kappa shape index (κ3) is 4.82. The number of nitrogens with one attached hydrogen (secondary N) is 1. The molecule has 3 rings (SSSR count). The Morgan fingerprint density at radius 2 is 1.72 bits per heavy atom. The topological polar surface area (TPSA) is 52.7 Å². The summed E-state index contributed by atoms with van der Waals surface area (Å²) in [6.45, 7) is 1.87. The number of piperidine rings is 1. The van der Waals surface area contributed by atoms with E-state index >= 15 is 0 Å². The van der Waals surface area contributed by atoms with Crippen molar-refractivity contribution in [1.82, 2.24) is 9.80 Å². The Kier molecular flexibility index (Phi) is 6.08. The Morgan fingerprint density at radius 1 is 1.08 bits per heavy atom. The molecule has 1 N–H and O–H groups in total. The molecule has 0 radical (unpaired) electrons. The molecule has 0 atom stereocenters. The average molecular weight is 343 g/mol. The fourth-order valence-corrected chi connectivity index (χ4v) is 3.94. The quantitative estimate of drug-likeness (QED) is 0.894. The van der Waals surface area contributed by atoms with E-state index in [1.165, 1.54) is 25.7 Å². The van der Waals surface area contributed by atoms with Gasteiger partial charge < -0.3 is 10.2 Å². The standard InChI is InChI=1S/C20H29N3O2/c1-22(18-9-5-6-10-18)15-19(24)23-13-11-16(12-14-23)20(25)21-17-7-3-2-4-8-17/h2-4,7-8,16,18H,5-6,9-15H2,1H3,(H,21,25). The summed E-state index contributed by atoms with van der Waals surface area (Å²) in [4.78, 5) is 29.0. The molecular formula is C20H29N3O2. The fourth-order valence-electron chi connectivity index (χ4n) is 3.94. The maximum Gasteiger partial charge on any atom is 0.236 e. The van der Waals surface area contributed by atoms with Gasteiger partial charge in [0.15, 0.2) is 0 Å². The zero-order valence-corrected chi connectivity index (χ0v) is 15.1. The average Bonchev–Trinajstić information content (AvgIpc) is 3.17. The number of para-hydroxylation sites is 1. The molecule has 5 nitrogen and oxygen atoms in total.